The Hall–Kier alpha value is -1.24. The highest BCUT2D eigenvalue weighted by atomic mass is 16.5. The SMILES string of the molecule is CC1C=C(OCc2ccccc2)CCC1. The minimum Gasteiger partial charge on any atom is -0.494 e. The largest absolute Gasteiger partial charge is 0.494 e. The summed E-state index contributed by atoms with van der Waals surface area (Å²) in [4.78, 5) is 0. The van der Waals surface area contributed by atoms with Crippen molar-refractivity contribution >= 4 is 0 Å². The van der Waals surface area contributed by atoms with E-state index in [-0.39, 0.29) is 0 Å². The lowest BCUT2D eigenvalue weighted by molar-refractivity contribution is 0.178. The molecule has 0 saturated carbocycles. The molecule has 0 saturated heterocycles. The van der Waals surface area contributed by atoms with Crippen LogP contribution in [0.3, 0.4) is 0 Å². The molecule has 1 aliphatic carbocycles. The number of rotatable bonds is 3. The molecule has 1 aromatic carbocycles. The van der Waals surface area contributed by atoms with Crippen molar-refractivity contribution in [3.8, 4) is 0 Å². The van der Waals surface area contributed by atoms with E-state index in [4.69, 9.17) is 4.74 Å². The van der Waals surface area contributed by atoms with Crippen LogP contribution < -0.4 is 0 Å². The van der Waals surface area contributed by atoms with Crippen molar-refractivity contribution in [1.29, 1.82) is 0 Å². The molecular weight excluding hydrogens is 184 g/mol. The van der Waals surface area contributed by atoms with Gasteiger partial charge in [-0.25, -0.2) is 0 Å². The van der Waals surface area contributed by atoms with Crippen LogP contribution in [0.2, 0.25) is 0 Å². The van der Waals surface area contributed by atoms with Gasteiger partial charge >= 0.3 is 0 Å². The zero-order valence-corrected chi connectivity index (χ0v) is 9.28. The van der Waals surface area contributed by atoms with Gasteiger partial charge in [0.2, 0.25) is 0 Å². The predicted molar refractivity (Wildman–Crippen MR) is 62.3 cm³/mol. The van der Waals surface area contributed by atoms with E-state index >= 15 is 0 Å². The van der Waals surface area contributed by atoms with Gasteiger partial charge in [0, 0.05) is 6.42 Å². The maximum atomic E-state index is 5.80. The summed E-state index contributed by atoms with van der Waals surface area (Å²) >= 11 is 0. The van der Waals surface area contributed by atoms with E-state index in [0.29, 0.717) is 12.5 Å². The minimum absolute atomic E-state index is 0.685. The molecule has 15 heavy (non-hydrogen) atoms. The summed E-state index contributed by atoms with van der Waals surface area (Å²) in [5, 5.41) is 0. The summed E-state index contributed by atoms with van der Waals surface area (Å²) in [6.45, 7) is 2.96. The zero-order chi connectivity index (χ0) is 10.5. The Labute approximate surface area is 91.8 Å². The molecule has 1 unspecified atom stereocenters. The van der Waals surface area contributed by atoms with Crippen LogP contribution in [0.1, 0.15) is 31.7 Å². The predicted octanol–water partition coefficient (Wildman–Crippen LogP) is 3.91. The van der Waals surface area contributed by atoms with Crippen LogP contribution in [0.4, 0.5) is 0 Å². The second-order valence-corrected chi connectivity index (χ2v) is 4.28. The number of ether oxygens (including phenoxy) is 1. The molecule has 0 amide bonds. The summed E-state index contributed by atoms with van der Waals surface area (Å²) in [7, 11) is 0. The van der Waals surface area contributed by atoms with E-state index < -0.39 is 0 Å². The first kappa shape index (κ1) is 10.3. The third kappa shape index (κ3) is 3.12. The topological polar surface area (TPSA) is 9.23 Å². The summed E-state index contributed by atoms with van der Waals surface area (Å²) in [6, 6.07) is 10.3. The van der Waals surface area contributed by atoms with Gasteiger partial charge in [0.15, 0.2) is 0 Å². The molecule has 1 aromatic rings. The molecule has 0 aliphatic heterocycles. The number of hydrogen-bond donors (Lipinski definition) is 0. The Bertz CT molecular complexity index is 326. The van der Waals surface area contributed by atoms with Gasteiger partial charge < -0.3 is 4.74 Å². The van der Waals surface area contributed by atoms with E-state index in [1.165, 1.54) is 24.2 Å². The molecule has 1 nitrogen and oxygen atoms in total. The van der Waals surface area contributed by atoms with Crippen molar-refractivity contribution in [3.63, 3.8) is 0 Å². The number of benzene rings is 1. The van der Waals surface area contributed by atoms with Gasteiger partial charge in [-0.1, -0.05) is 37.3 Å². The highest BCUT2D eigenvalue weighted by Crippen LogP contribution is 2.23. The Morgan fingerprint density at radius 2 is 2.07 bits per heavy atom. The molecule has 0 heterocycles. The smallest absolute Gasteiger partial charge is 0.113 e. The van der Waals surface area contributed by atoms with Crippen LogP contribution in [0.5, 0.6) is 0 Å². The molecule has 1 heteroatoms. The van der Waals surface area contributed by atoms with Gasteiger partial charge in [-0.3, -0.25) is 0 Å². The van der Waals surface area contributed by atoms with Crippen LogP contribution in [0, 0.1) is 5.92 Å². The van der Waals surface area contributed by atoms with E-state index in [9.17, 15) is 0 Å². The molecular formula is C14H18O. The Balaban J connectivity index is 1.88. The van der Waals surface area contributed by atoms with Crippen LogP contribution in [0.15, 0.2) is 42.2 Å². The van der Waals surface area contributed by atoms with E-state index in [0.717, 1.165) is 6.42 Å². The highest BCUT2D eigenvalue weighted by Gasteiger charge is 2.10. The quantitative estimate of drug-likeness (QED) is 0.722. The molecule has 2 rings (SSSR count). The third-order valence-corrected chi connectivity index (χ3v) is 2.82. The first-order chi connectivity index (χ1) is 7.34. The van der Waals surface area contributed by atoms with Crippen molar-refractivity contribution in [3.05, 3.63) is 47.7 Å². The van der Waals surface area contributed by atoms with Gasteiger partial charge in [0.05, 0.1) is 5.76 Å². The van der Waals surface area contributed by atoms with Crippen molar-refractivity contribution in [2.75, 3.05) is 0 Å². The molecule has 0 fully saturated rings. The van der Waals surface area contributed by atoms with E-state index in [1.54, 1.807) is 0 Å². The number of allylic oxidation sites excluding steroid dienone is 2. The van der Waals surface area contributed by atoms with Gasteiger partial charge in [-0.15, -0.1) is 0 Å². The second kappa shape index (κ2) is 5.01. The first-order valence-electron chi connectivity index (χ1n) is 5.72. The molecule has 0 spiro atoms. The van der Waals surface area contributed by atoms with Crippen molar-refractivity contribution in [1.82, 2.24) is 0 Å². The Morgan fingerprint density at radius 3 is 2.80 bits per heavy atom. The van der Waals surface area contributed by atoms with Crippen LogP contribution in [-0.4, -0.2) is 0 Å². The lowest BCUT2D eigenvalue weighted by Gasteiger charge is -2.18. The monoisotopic (exact) mass is 202 g/mol. The molecule has 1 atom stereocenters. The number of hydrogen-bond acceptors (Lipinski definition) is 1. The van der Waals surface area contributed by atoms with Crippen LogP contribution >= 0.6 is 0 Å². The van der Waals surface area contributed by atoms with Gasteiger partial charge in [0.1, 0.15) is 6.61 Å². The normalized spacial score (nSPS) is 20.9. The molecule has 0 radical (unpaired) electrons. The fourth-order valence-electron chi connectivity index (χ4n) is 1.95. The summed E-state index contributed by atoms with van der Waals surface area (Å²) < 4.78 is 5.80. The van der Waals surface area contributed by atoms with E-state index in [1.807, 2.05) is 6.07 Å². The Morgan fingerprint density at radius 1 is 1.27 bits per heavy atom. The fourth-order valence-corrected chi connectivity index (χ4v) is 1.95. The van der Waals surface area contributed by atoms with E-state index in [2.05, 4.69) is 37.3 Å². The van der Waals surface area contributed by atoms with Gasteiger partial charge in [-0.2, -0.15) is 0 Å². The standard InChI is InChI=1S/C14H18O/c1-12-6-5-9-14(10-12)15-11-13-7-3-2-4-8-13/h2-4,7-8,10,12H,5-6,9,11H2,1H3. The molecule has 1 aliphatic rings. The molecule has 0 bridgehead atoms. The van der Waals surface area contributed by atoms with Crippen molar-refractivity contribution < 1.29 is 4.74 Å². The molecule has 80 valence electrons. The van der Waals surface area contributed by atoms with Gasteiger partial charge in [-0.05, 0) is 30.4 Å². The summed E-state index contributed by atoms with van der Waals surface area (Å²) in [5.41, 5.74) is 1.25. The van der Waals surface area contributed by atoms with Crippen molar-refractivity contribution in [2.45, 2.75) is 32.8 Å². The first-order valence-corrected chi connectivity index (χ1v) is 5.72. The maximum Gasteiger partial charge on any atom is 0.113 e. The fraction of sp³-hybridized carbons (Fsp3) is 0.429. The molecule has 0 N–H and O–H groups in total. The third-order valence-electron chi connectivity index (χ3n) is 2.82. The average Bonchev–Trinajstić information content (AvgIpc) is 2.28. The lowest BCUT2D eigenvalue weighted by Crippen LogP contribution is -2.03. The van der Waals surface area contributed by atoms with Crippen LogP contribution in [0.25, 0.3) is 0 Å². The summed E-state index contributed by atoms with van der Waals surface area (Å²) in [5.74, 6) is 1.86. The second-order valence-electron chi connectivity index (χ2n) is 4.28. The van der Waals surface area contributed by atoms with Gasteiger partial charge in [0.25, 0.3) is 0 Å². The van der Waals surface area contributed by atoms with Crippen LogP contribution in [-0.2, 0) is 11.3 Å². The average molecular weight is 202 g/mol. The zero-order valence-electron chi connectivity index (χ0n) is 9.28. The van der Waals surface area contributed by atoms with Crippen molar-refractivity contribution in [2.24, 2.45) is 5.92 Å². The Kier molecular flexibility index (Phi) is 3.44. The molecule has 0 aromatic heterocycles. The highest BCUT2D eigenvalue weighted by molar-refractivity contribution is 5.14. The summed E-state index contributed by atoms with van der Waals surface area (Å²) in [6.07, 6.45) is 5.95. The maximum absolute atomic E-state index is 5.80. The lowest BCUT2D eigenvalue weighted by atomic mass is 9.96. The minimum atomic E-state index is 0.685.